The molecule has 1 aromatic rings. The molecule has 0 unspecified atom stereocenters. The lowest BCUT2D eigenvalue weighted by Crippen LogP contribution is -2.19. The van der Waals surface area contributed by atoms with Gasteiger partial charge in [-0.05, 0) is 31.7 Å². The predicted octanol–water partition coefficient (Wildman–Crippen LogP) is 3.13. The molecule has 3 nitrogen and oxygen atoms in total. The van der Waals surface area contributed by atoms with Crippen LogP contribution in [0.25, 0.3) is 0 Å². The van der Waals surface area contributed by atoms with E-state index in [1.165, 1.54) is 18.5 Å². The molecule has 0 saturated carbocycles. The minimum absolute atomic E-state index is 0.380. The number of nitrogens with one attached hydrogen (secondary N) is 1. The number of nitrogens with zero attached hydrogens (tertiary/aromatic N) is 2. The van der Waals surface area contributed by atoms with Gasteiger partial charge in [0.2, 0.25) is 0 Å². The van der Waals surface area contributed by atoms with Crippen LogP contribution in [0.5, 0.6) is 0 Å². The molecule has 0 aliphatic rings. The first-order valence-electron chi connectivity index (χ1n) is 6.66. The maximum atomic E-state index is 4.42. The van der Waals surface area contributed by atoms with Gasteiger partial charge in [-0.3, -0.25) is 0 Å². The van der Waals surface area contributed by atoms with Gasteiger partial charge in [0.25, 0.3) is 0 Å². The Kier molecular flexibility index (Phi) is 5.19. The van der Waals surface area contributed by atoms with Crippen LogP contribution in [-0.4, -0.2) is 16.1 Å². The van der Waals surface area contributed by atoms with Gasteiger partial charge in [-0.2, -0.15) is 0 Å². The minimum atomic E-state index is 0.380. The monoisotopic (exact) mass is 237 g/mol. The summed E-state index contributed by atoms with van der Waals surface area (Å²) in [4.78, 5) is 4.42. The Morgan fingerprint density at radius 1 is 1.35 bits per heavy atom. The summed E-state index contributed by atoms with van der Waals surface area (Å²) in [7, 11) is 0. The molecule has 0 bridgehead atoms. The molecule has 0 amide bonds. The van der Waals surface area contributed by atoms with Crippen molar-refractivity contribution in [1.29, 1.82) is 0 Å². The topological polar surface area (TPSA) is 29.9 Å². The quantitative estimate of drug-likeness (QED) is 0.770. The first kappa shape index (κ1) is 14.2. The molecule has 3 heteroatoms. The zero-order chi connectivity index (χ0) is 12.9. The number of aryl methyl sites for hydroxylation is 1. The van der Waals surface area contributed by atoms with E-state index in [9.17, 15) is 0 Å². The fourth-order valence-electron chi connectivity index (χ4n) is 1.80. The van der Waals surface area contributed by atoms with E-state index in [1.807, 2.05) is 6.20 Å². The van der Waals surface area contributed by atoms with E-state index in [2.05, 4.69) is 49.5 Å². The second-order valence-electron chi connectivity index (χ2n) is 5.94. The lowest BCUT2D eigenvalue weighted by molar-refractivity contribution is 0.345. The highest BCUT2D eigenvalue weighted by molar-refractivity contribution is 5.04. The molecule has 17 heavy (non-hydrogen) atoms. The number of rotatable bonds is 6. The highest BCUT2D eigenvalue weighted by Gasteiger charge is 2.12. The number of aromatic nitrogens is 2. The van der Waals surface area contributed by atoms with Crippen molar-refractivity contribution in [3.8, 4) is 0 Å². The average Bonchev–Trinajstić information content (AvgIpc) is 2.56. The third-order valence-corrected chi connectivity index (χ3v) is 2.96. The zero-order valence-electron chi connectivity index (χ0n) is 12.0. The molecule has 0 aliphatic carbocycles. The van der Waals surface area contributed by atoms with E-state index < -0.39 is 0 Å². The molecule has 0 aromatic carbocycles. The van der Waals surface area contributed by atoms with Crippen LogP contribution in [0.2, 0.25) is 0 Å². The van der Waals surface area contributed by atoms with Crippen LogP contribution in [0.15, 0.2) is 6.20 Å². The maximum Gasteiger partial charge on any atom is 0.105 e. The summed E-state index contributed by atoms with van der Waals surface area (Å²) >= 11 is 0. The normalized spacial score (nSPS) is 12.1. The molecule has 98 valence electrons. The molecule has 0 spiro atoms. The Hall–Kier alpha value is -0.830. The number of imidazole rings is 1. The summed E-state index contributed by atoms with van der Waals surface area (Å²) < 4.78 is 2.34. The van der Waals surface area contributed by atoms with E-state index in [1.54, 1.807) is 0 Å². The van der Waals surface area contributed by atoms with E-state index in [4.69, 9.17) is 0 Å². The van der Waals surface area contributed by atoms with Gasteiger partial charge in [0.05, 0.1) is 5.69 Å². The fraction of sp³-hybridized carbons (Fsp3) is 0.786. The van der Waals surface area contributed by atoms with Gasteiger partial charge >= 0.3 is 0 Å². The molecular weight excluding hydrogens is 210 g/mol. The SMILES string of the molecule is CCCNCc1cnc(C)n1CCC(C)(C)C. The second-order valence-corrected chi connectivity index (χ2v) is 5.94. The molecular formula is C14H27N3. The van der Waals surface area contributed by atoms with E-state index in [-0.39, 0.29) is 0 Å². The molecule has 0 fully saturated rings. The van der Waals surface area contributed by atoms with Crippen molar-refractivity contribution < 1.29 is 0 Å². The van der Waals surface area contributed by atoms with Crippen LogP contribution in [0.3, 0.4) is 0 Å². The van der Waals surface area contributed by atoms with Crippen LogP contribution in [0.4, 0.5) is 0 Å². The number of hydrogen-bond donors (Lipinski definition) is 1. The predicted molar refractivity (Wildman–Crippen MR) is 73.0 cm³/mol. The van der Waals surface area contributed by atoms with Crippen LogP contribution in [-0.2, 0) is 13.1 Å². The minimum Gasteiger partial charge on any atom is -0.331 e. The van der Waals surface area contributed by atoms with Crippen molar-refractivity contribution in [2.45, 2.75) is 60.5 Å². The van der Waals surface area contributed by atoms with Crippen molar-refractivity contribution in [3.05, 3.63) is 17.7 Å². The maximum absolute atomic E-state index is 4.42. The molecule has 0 radical (unpaired) electrons. The molecule has 0 aliphatic heterocycles. The lowest BCUT2D eigenvalue weighted by Gasteiger charge is -2.20. The first-order valence-corrected chi connectivity index (χ1v) is 6.66. The number of hydrogen-bond acceptors (Lipinski definition) is 2. The zero-order valence-corrected chi connectivity index (χ0v) is 12.0. The molecule has 1 heterocycles. The van der Waals surface area contributed by atoms with Crippen molar-refractivity contribution >= 4 is 0 Å². The van der Waals surface area contributed by atoms with Crippen LogP contribution >= 0.6 is 0 Å². The summed E-state index contributed by atoms with van der Waals surface area (Å²) in [6, 6.07) is 0. The Balaban J connectivity index is 2.60. The molecule has 1 N–H and O–H groups in total. The third-order valence-electron chi connectivity index (χ3n) is 2.96. The van der Waals surface area contributed by atoms with Crippen molar-refractivity contribution in [2.75, 3.05) is 6.54 Å². The summed E-state index contributed by atoms with van der Waals surface area (Å²) in [6.07, 6.45) is 4.36. The highest BCUT2D eigenvalue weighted by Crippen LogP contribution is 2.20. The Morgan fingerprint density at radius 3 is 2.65 bits per heavy atom. The summed E-state index contributed by atoms with van der Waals surface area (Å²) in [6.45, 7) is 14.2. The molecule has 0 saturated heterocycles. The summed E-state index contributed by atoms with van der Waals surface area (Å²) in [5.74, 6) is 1.13. The molecule has 0 atom stereocenters. The van der Waals surface area contributed by atoms with Crippen LogP contribution in [0, 0.1) is 12.3 Å². The Bertz CT molecular complexity index is 334. The van der Waals surface area contributed by atoms with Gasteiger partial charge in [0.1, 0.15) is 5.82 Å². The lowest BCUT2D eigenvalue weighted by atomic mass is 9.92. The van der Waals surface area contributed by atoms with Gasteiger partial charge in [0, 0.05) is 19.3 Å². The van der Waals surface area contributed by atoms with Crippen molar-refractivity contribution in [2.24, 2.45) is 5.41 Å². The van der Waals surface area contributed by atoms with E-state index in [0.29, 0.717) is 5.41 Å². The Morgan fingerprint density at radius 2 is 2.06 bits per heavy atom. The third kappa shape index (κ3) is 4.90. The largest absolute Gasteiger partial charge is 0.331 e. The van der Waals surface area contributed by atoms with E-state index in [0.717, 1.165) is 25.5 Å². The standard InChI is InChI=1S/C14H27N3/c1-6-8-15-10-13-11-16-12(2)17(13)9-7-14(3,4)5/h11,15H,6-10H2,1-5H3. The van der Waals surface area contributed by atoms with Gasteiger partial charge in [-0.25, -0.2) is 4.98 Å². The van der Waals surface area contributed by atoms with Crippen molar-refractivity contribution in [1.82, 2.24) is 14.9 Å². The first-order chi connectivity index (χ1) is 7.94. The summed E-state index contributed by atoms with van der Waals surface area (Å²) in [5.41, 5.74) is 1.69. The van der Waals surface area contributed by atoms with Crippen molar-refractivity contribution in [3.63, 3.8) is 0 Å². The van der Waals surface area contributed by atoms with Crippen LogP contribution in [0.1, 0.15) is 52.1 Å². The average molecular weight is 237 g/mol. The van der Waals surface area contributed by atoms with Gasteiger partial charge in [-0.15, -0.1) is 0 Å². The van der Waals surface area contributed by atoms with Gasteiger partial charge in [0.15, 0.2) is 0 Å². The Labute approximate surface area is 106 Å². The van der Waals surface area contributed by atoms with Gasteiger partial charge in [-0.1, -0.05) is 27.7 Å². The van der Waals surface area contributed by atoms with Gasteiger partial charge < -0.3 is 9.88 Å². The highest BCUT2D eigenvalue weighted by atomic mass is 15.1. The molecule has 1 rings (SSSR count). The second kappa shape index (κ2) is 6.20. The summed E-state index contributed by atoms with van der Waals surface area (Å²) in [5, 5.41) is 3.44. The fourth-order valence-corrected chi connectivity index (χ4v) is 1.80. The van der Waals surface area contributed by atoms with E-state index >= 15 is 0 Å². The molecule has 1 aromatic heterocycles. The van der Waals surface area contributed by atoms with Crippen LogP contribution < -0.4 is 5.32 Å². The smallest absolute Gasteiger partial charge is 0.105 e.